The molecule has 0 aromatic carbocycles. The number of carbonyl (C=O) groups excluding carboxylic acids is 1. The molecule has 106 valence electrons. The lowest BCUT2D eigenvalue weighted by Gasteiger charge is -2.32. The van der Waals surface area contributed by atoms with Crippen molar-refractivity contribution in [3.8, 4) is 0 Å². The van der Waals surface area contributed by atoms with Crippen LogP contribution in [0.4, 0.5) is 0 Å². The number of hydrogen-bond acceptors (Lipinski definition) is 4. The first kappa shape index (κ1) is 12.9. The molecule has 2 aromatic rings. The largest absolute Gasteiger partial charge is 0.336 e. The molecule has 0 atom stereocenters. The van der Waals surface area contributed by atoms with E-state index in [1.54, 1.807) is 28.9 Å². The van der Waals surface area contributed by atoms with Crippen LogP contribution in [0.25, 0.3) is 5.65 Å². The Morgan fingerprint density at radius 1 is 1.20 bits per heavy atom. The minimum atomic E-state index is -0.313. The first-order chi connectivity index (χ1) is 9.58. The number of nitrogens with zero attached hydrogens (tertiary/aromatic N) is 5. The quantitative estimate of drug-likeness (QED) is 0.698. The molecule has 3 rings (SSSR count). The van der Waals surface area contributed by atoms with Crippen LogP contribution in [0.15, 0.2) is 23.3 Å². The number of rotatable bonds is 1. The minimum Gasteiger partial charge on any atom is -0.336 e. The Hall–Kier alpha value is -2.15. The van der Waals surface area contributed by atoms with Gasteiger partial charge in [-0.2, -0.15) is 4.52 Å². The van der Waals surface area contributed by atoms with E-state index >= 15 is 0 Å². The van der Waals surface area contributed by atoms with Crippen molar-refractivity contribution in [3.05, 3.63) is 34.4 Å². The molecular weight excluding hydrogens is 258 g/mol. The van der Waals surface area contributed by atoms with Crippen LogP contribution < -0.4 is 5.56 Å². The van der Waals surface area contributed by atoms with Crippen molar-refractivity contribution in [2.75, 3.05) is 33.2 Å². The molecule has 0 unspecified atom stereocenters. The third-order valence-electron chi connectivity index (χ3n) is 3.74. The average molecular weight is 275 g/mol. The molecule has 3 heterocycles. The van der Waals surface area contributed by atoms with E-state index < -0.39 is 0 Å². The van der Waals surface area contributed by atoms with E-state index in [9.17, 15) is 9.59 Å². The van der Waals surface area contributed by atoms with Gasteiger partial charge in [-0.05, 0) is 7.05 Å². The number of likely N-dealkylation sites (N-methyl/N-ethyl adjacent to an activating group) is 1. The van der Waals surface area contributed by atoms with Crippen LogP contribution in [0.5, 0.6) is 0 Å². The molecule has 1 aliphatic rings. The van der Waals surface area contributed by atoms with Gasteiger partial charge in [0, 0.05) is 51.7 Å². The summed E-state index contributed by atoms with van der Waals surface area (Å²) in [6.45, 7) is 2.94. The zero-order valence-electron chi connectivity index (χ0n) is 11.6. The lowest BCUT2D eigenvalue weighted by molar-refractivity contribution is 0.0661. The van der Waals surface area contributed by atoms with Gasteiger partial charge in [0.05, 0.1) is 0 Å². The van der Waals surface area contributed by atoms with Gasteiger partial charge < -0.3 is 9.80 Å². The molecule has 0 saturated carbocycles. The molecule has 1 saturated heterocycles. The Bertz CT molecular complexity index is 709. The molecule has 1 aliphatic heterocycles. The molecule has 7 nitrogen and oxygen atoms in total. The number of aryl methyl sites for hydroxylation is 1. The summed E-state index contributed by atoms with van der Waals surface area (Å²) in [5, 5.41) is 0. The van der Waals surface area contributed by atoms with Crippen molar-refractivity contribution >= 4 is 11.6 Å². The smallest absolute Gasteiger partial charge is 0.285 e. The summed E-state index contributed by atoms with van der Waals surface area (Å²) in [5.41, 5.74) is 0.368. The maximum absolute atomic E-state index is 12.4. The second kappa shape index (κ2) is 4.75. The highest BCUT2D eigenvalue weighted by molar-refractivity contribution is 5.93. The Morgan fingerprint density at radius 2 is 1.90 bits per heavy atom. The molecule has 7 heteroatoms. The predicted molar refractivity (Wildman–Crippen MR) is 73.8 cm³/mol. The van der Waals surface area contributed by atoms with Crippen LogP contribution in [0.3, 0.4) is 0 Å². The molecule has 1 amide bonds. The SMILES string of the molecule is CN1CCN(C(=O)c2cnc3ccn(C)n3c2=O)CC1. The topological polar surface area (TPSA) is 62.9 Å². The van der Waals surface area contributed by atoms with Gasteiger partial charge in [-0.15, -0.1) is 0 Å². The summed E-state index contributed by atoms with van der Waals surface area (Å²) >= 11 is 0. The Morgan fingerprint density at radius 3 is 2.60 bits per heavy atom. The van der Waals surface area contributed by atoms with Gasteiger partial charge in [0.15, 0.2) is 5.65 Å². The van der Waals surface area contributed by atoms with E-state index in [1.807, 2.05) is 7.05 Å². The van der Waals surface area contributed by atoms with Gasteiger partial charge in [-0.3, -0.25) is 14.3 Å². The summed E-state index contributed by atoms with van der Waals surface area (Å²) < 4.78 is 3.04. The van der Waals surface area contributed by atoms with Gasteiger partial charge >= 0.3 is 0 Å². The summed E-state index contributed by atoms with van der Waals surface area (Å²) in [7, 11) is 3.77. The van der Waals surface area contributed by atoms with Gasteiger partial charge in [0.25, 0.3) is 11.5 Å². The monoisotopic (exact) mass is 275 g/mol. The molecule has 0 N–H and O–H groups in total. The standard InChI is InChI=1S/C13H17N5O2/c1-15-5-7-17(8-6-15)12(19)10-9-14-11-3-4-16(2)18(11)13(10)20/h3-4,9H,5-8H2,1-2H3. The van der Waals surface area contributed by atoms with E-state index in [-0.39, 0.29) is 17.0 Å². The first-order valence-electron chi connectivity index (χ1n) is 6.59. The number of fused-ring (bicyclic) bond motifs is 1. The van der Waals surface area contributed by atoms with Crippen molar-refractivity contribution < 1.29 is 4.79 Å². The van der Waals surface area contributed by atoms with E-state index in [2.05, 4.69) is 9.88 Å². The minimum absolute atomic E-state index is 0.133. The van der Waals surface area contributed by atoms with Gasteiger partial charge in [-0.25, -0.2) is 4.98 Å². The maximum atomic E-state index is 12.4. The molecule has 1 fully saturated rings. The zero-order chi connectivity index (χ0) is 14.3. The summed E-state index contributed by atoms with van der Waals surface area (Å²) in [5.74, 6) is -0.230. The van der Waals surface area contributed by atoms with Crippen molar-refractivity contribution in [2.45, 2.75) is 0 Å². The van der Waals surface area contributed by atoms with Crippen molar-refractivity contribution in [1.29, 1.82) is 0 Å². The lowest BCUT2D eigenvalue weighted by atomic mass is 10.2. The number of aromatic nitrogens is 3. The summed E-state index contributed by atoms with van der Waals surface area (Å²) in [4.78, 5) is 32.9. The maximum Gasteiger partial charge on any atom is 0.285 e. The number of hydrogen-bond donors (Lipinski definition) is 0. The van der Waals surface area contributed by atoms with Crippen LogP contribution in [0.2, 0.25) is 0 Å². The average Bonchev–Trinajstić information content (AvgIpc) is 2.82. The fourth-order valence-corrected chi connectivity index (χ4v) is 2.45. The molecule has 2 aromatic heterocycles. The molecule has 0 spiro atoms. The third-order valence-corrected chi connectivity index (χ3v) is 3.74. The van der Waals surface area contributed by atoms with Crippen molar-refractivity contribution in [2.24, 2.45) is 7.05 Å². The molecule has 0 aliphatic carbocycles. The van der Waals surface area contributed by atoms with Crippen LogP contribution in [0, 0.1) is 0 Å². The molecule has 0 bridgehead atoms. The Balaban J connectivity index is 1.98. The highest BCUT2D eigenvalue weighted by Crippen LogP contribution is 2.05. The highest BCUT2D eigenvalue weighted by Gasteiger charge is 2.23. The molecule has 20 heavy (non-hydrogen) atoms. The normalized spacial score (nSPS) is 16.8. The predicted octanol–water partition coefficient (Wildman–Crippen LogP) is -0.579. The van der Waals surface area contributed by atoms with Gasteiger partial charge in [0.1, 0.15) is 5.56 Å². The fraction of sp³-hybridized carbons (Fsp3) is 0.462. The Kier molecular flexibility index (Phi) is 3.06. The van der Waals surface area contributed by atoms with Gasteiger partial charge in [-0.1, -0.05) is 0 Å². The zero-order valence-corrected chi connectivity index (χ0v) is 11.6. The first-order valence-corrected chi connectivity index (χ1v) is 6.59. The highest BCUT2D eigenvalue weighted by atomic mass is 16.2. The van der Waals surface area contributed by atoms with E-state index in [0.29, 0.717) is 18.7 Å². The fourth-order valence-electron chi connectivity index (χ4n) is 2.45. The second-order valence-electron chi connectivity index (χ2n) is 5.13. The molecular formula is C13H17N5O2. The summed E-state index contributed by atoms with van der Waals surface area (Å²) in [6, 6.07) is 1.74. The van der Waals surface area contributed by atoms with Gasteiger partial charge in [0.2, 0.25) is 0 Å². The van der Waals surface area contributed by atoms with E-state index in [0.717, 1.165) is 13.1 Å². The molecule has 0 radical (unpaired) electrons. The van der Waals surface area contributed by atoms with Crippen LogP contribution in [0.1, 0.15) is 10.4 Å². The van der Waals surface area contributed by atoms with Crippen LogP contribution in [-0.2, 0) is 7.05 Å². The van der Waals surface area contributed by atoms with E-state index in [1.165, 1.54) is 10.7 Å². The number of carbonyl (C=O) groups is 1. The Labute approximate surface area is 116 Å². The number of amides is 1. The second-order valence-corrected chi connectivity index (χ2v) is 5.13. The van der Waals surface area contributed by atoms with Crippen molar-refractivity contribution in [3.63, 3.8) is 0 Å². The number of piperazine rings is 1. The third kappa shape index (κ3) is 2.00. The van der Waals surface area contributed by atoms with Crippen LogP contribution in [-0.4, -0.2) is 63.1 Å². The van der Waals surface area contributed by atoms with Crippen LogP contribution >= 0.6 is 0 Å². The van der Waals surface area contributed by atoms with Crippen molar-refractivity contribution in [1.82, 2.24) is 24.0 Å². The lowest BCUT2D eigenvalue weighted by Crippen LogP contribution is -2.48. The summed E-state index contributed by atoms with van der Waals surface area (Å²) in [6.07, 6.45) is 3.13. The van der Waals surface area contributed by atoms with E-state index in [4.69, 9.17) is 0 Å².